The van der Waals surface area contributed by atoms with Crippen molar-refractivity contribution in [2.24, 2.45) is 0 Å². The average Bonchev–Trinajstić information content (AvgIpc) is 3.20. The van der Waals surface area contributed by atoms with Crippen molar-refractivity contribution in [1.82, 2.24) is 5.32 Å². The van der Waals surface area contributed by atoms with Gasteiger partial charge in [0.2, 0.25) is 5.91 Å². The average molecular weight is 790 g/mol. The zero-order valence-corrected chi connectivity index (χ0v) is 37.4. The van der Waals surface area contributed by atoms with Crippen LogP contribution in [0.25, 0.3) is 0 Å². The lowest BCUT2D eigenvalue weighted by Gasteiger charge is -2.22. The zero-order valence-electron chi connectivity index (χ0n) is 37.4. The summed E-state index contributed by atoms with van der Waals surface area (Å²) in [5, 5.41) is 23.1. The summed E-state index contributed by atoms with van der Waals surface area (Å²) in [5.41, 5.74) is 0. The molecule has 6 nitrogen and oxygen atoms in total. The largest absolute Gasteiger partial charge is 0.466 e. The van der Waals surface area contributed by atoms with Crippen molar-refractivity contribution >= 4 is 11.9 Å². The highest BCUT2D eigenvalue weighted by Crippen LogP contribution is 2.15. The molecular formula is C50H95NO5. The number of aliphatic hydroxyl groups excluding tert-OH is 2. The molecule has 6 heteroatoms. The molecule has 0 rings (SSSR count). The molecule has 0 aliphatic carbocycles. The number of nitrogens with one attached hydrogen (secondary N) is 1. The Balaban J connectivity index is 3.50. The summed E-state index contributed by atoms with van der Waals surface area (Å²) in [6, 6.07) is -0.561. The highest BCUT2D eigenvalue weighted by atomic mass is 16.5. The maximum Gasteiger partial charge on any atom is 0.305 e. The van der Waals surface area contributed by atoms with Crippen molar-refractivity contribution in [1.29, 1.82) is 0 Å². The molecule has 0 saturated heterocycles. The van der Waals surface area contributed by atoms with E-state index < -0.39 is 12.1 Å². The Morgan fingerprint density at radius 2 is 0.839 bits per heavy atom. The van der Waals surface area contributed by atoms with Crippen LogP contribution in [0.15, 0.2) is 24.3 Å². The van der Waals surface area contributed by atoms with Crippen LogP contribution in [-0.4, -0.2) is 47.4 Å². The first-order valence-electron chi connectivity index (χ1n) is 24.6. The smallest absolute Gasteiger partial charge is 0.305 e. The molecular weight excluding hydrogens is 695 g/mol. The van der Waals surface area contributed by atoms with Gasteiger partial charge in [-0.2, -0.15) is 0 Å². The highest BCUT2D eigenvalue weighted by Gasteiger charge is 2.20. The van der Waals surface area contributed by atoms with Gasteiger partial charge in [0.25, 0.3) is 0 Å². The van der Waals surface area contributed by atoms with Gasteiger partial charge in [0, 0.05) is 12.8 Å². The van der Waals surface area contributed by atoms with Crippen LogP contribution in [0.2, 0.25) is 0 Å². The van der Waals surface area contributed by atoms with Crippen LogP contribution in [0.4, 0.5) is 0 Å². The number of hydrogen-bond donors (Lipinski definition) is 3. The first kappa shape index (κ1) is 54.3. The predicted octanol–water partition coefficient (Wildman–Crippen LogP) is 14.3. The lowest BCUT2D eigenvalue weighted by molar-refractivity contribution is -0.143. The number of carbonyl (C=O) groups excluding carboxylic acids is 2. The van der Waals surface area contributed by atoms with Crippen LogP contribution in [0.3, 0.4) is 0 Å². The van der Waals surface area contributed by atoms with E-state index in [1.54, 1.807) is 0 Å². The van der Waals surface area contributed by atoms with Gasteiger partial charge in [-0.15, -0.1) is 0 Å². The molecule has 2 atom stereocenters. The van der Waals surface area contributed by atoms with Crippen molar-refractivity contribution in [3.05, 3.63) is 24.3 Å². The maximum absolute atomic E-state index is 12.4. The Kier molecular flexibility index (Phi) is 44.7. The summed E-state index contributed by atoms with van der Waals surface area (Å²) in [4.78, 5) is 24.4. The Morgan fingerprint density at radius 3 is 1.27 bits per heavy atom. The number of carbonyl (C=O) groups is 2. The molecule has 1 amide bonds. The molecule has 0 bridgehead atoms. The summed E-state index contributed by atoms with van der Waals surface area (Å²) in [6.07, 6.45) is 52.9. The van der Waals surface area contributed by atoms with E-state index in [9.17, 15) is 19.8 Å². The molecule has 56 heavy (non-hydrogen) atoms. The molecule has 0 aliphatic rings. The van der Waals surface area contributed by atoms with Crippen LogP contribution in [0.1, 0.15) is 258 Å². The number of esters is 1. The van der Waals surface area contributed by atoms with Gasteiger partial charge in [-0.25, -0.2) is 0 Å². The SMILES string of the molecule is CCCCCCCC/C=C\CCCCCCCCCC(=O)OCCCC/C=C\CCCCCCCC(=O)NC(CO)C(O)CCCCCCCCCCCCC. The van der Waals surface area contributed by atoms with Gasteiger partial charge >= 0.3 is 5.97 Å². The Hall–Kier alpha value is -1.66. The van der Waals surface area contributed by atoms with Crippen molar-refractivity contribution in [2.75, 3.05) is 13.2 Å². The second-order valence-corrected chi connectivity index (χ2v) is 16.8. The van der Waals surface area contributed by atoms with E-state index in [0.29, 0.717) is 25.9 Å². The fraction of sp³-hybridized carbons (Fsp3) is 0.880. The number of amides is 1. The van der Waals surface area contributed by atoms with E-state index in [4.69, 9.17) is 4.74 Å². The highest BCUT2D eigenvalue weighted by molar-refractivity contribution is 5.76. The number of hydrogen-bond acceptors (Lipinski definition) is 5. The van der Waals surface area contributed by atoms with Crippen molar-refractivity contribution in [3.63, 3.8) is 0 Å². The molecule has 3 N–H and O–H groups in total. The van der Waals surface area contributed by atoms with Crippen LogP contribution >= 0.6 is 0 Å². The molecule has 330 valence electrons. The van der Waals surface area contributed by atoms with E-state index >= 15 is 0 Å². The molecule has 0 radical (unpaired) electrons. The fourth-order valence-corrected chi connectivity index (χ4v) is 7.39. The second-order valence-electron chi connectivity index (χ2n) is 16.8. The maximum atomic E-state index is 12.4. The van der Waals surface area contributed by atoms with Crippen LogP contribution < -0.4 is 5.32 Å². The van der Waals surface area contributed by atoms with Crippen molar-refractivity contribution in [3.8, 4) is 0 Å². The first-order chi connectivity index (χ1) is 27.5. The summed E-state index contributed by atoms with van der Waals surface area (Å²) >= 11 is 0. The van der Waals surface area contributed by atoms with Gasteiger partial charge in [-0.05, 0) is 77.0 Å². The third-order valence-electron chi connectivity index (χ3n) is 11.2. The molecule has 0 aromatic carbocycles. The number of ether oxygens (including phenoxy) is 1. The minimum atomic E-state index is -0.680. The van der Waals surface area contributed by atoms with E-state index in [1.165, 1.54) is 141 Å². The summed E-state index contributed by atoms with van der Waals surface area (Å²) < 4.78 is 5.44. The monoisotopic (exact) mass is 790 g/mol. The number of rotatable bonds is 45. The number of unbranched alkanes of at least 4 members (excludes halogenated alkanes) is 30. The fourth-order valence-electron chi connectivity index (χ4n) is 7.39. The zero-order chi connectivity index (χ0) is 40.8. The predicted molar refractivity (Wildman–Crippen MR) is 241 cm³/mol. The van der Waals surface area contributed by atoms with E-state index in [-0.39, 0.29) is 18.5 Å². The van der Waals surface area contributed by atoms with Crippen LogP contribution in [0.5, 0.6) is 0 Å². The third-order valence-corrected chi connectivity index (χ3v) is 11.2. The van der Waals surface area contributed by atoms with Gasteiger partial charge in [0.05, 0.1) is 25.4 Å². The first-order valence-corrected chi connectivity index (χ1v) is 24.6. The molecule has 0 saturated carbocycles. The van der Waals surface area contributed by atoms with E-state index in [0.717, 1.165) is 83.5 Å². The van der Waals surface area contributed by atoms with Gasteiger partial charge in [-0.3, -0.25) is 9.59 Å². The van der Waals surface area contributed by atoms with E-state index in [2.05, 4.69) is 43.5 Å². The number of allylic oxidation sites excluding steroid dienone is 4. The Labute approximate surface area is 348 Å². The van der Waals surface area contributed by atoms with Gasteiger partial charge < -0.3 is 20.3 Å². The van der Waals surface area contributed by atoms with Crippen molar-refractivity contribution in [2.45, 2.75) is 270 Å². The Morgan fingerprint density at radius 1 is 0.482 bits per heavy atom. The normalized spacial score (nSPS) is 12.9. The summed E-state index contributed by atoms with van der Waals surface area (Å²) in [5.74, 6) is -0.101. The minimum Gasteiger partial charge on any atom is -0.466 e. The van der Waals surface area contributed by atoms with E-state index in [1.807, 2.05) is 0 Å². The second kappa shape index (κ2) is 46.0. The topological polar surface area (TPSA) is 95.9 Å². The summed E-state index contributed by atoms with van der Waals surface area (Å²) in [7, 11) is 0. The quantitative estimate of drug-likeness (QED) is 0.0324. The lowest BCUT2D eigenvalue weighted by Crippen LogP contribution is -2.45. The standard InChI is InChI=1S/C50H95NO5/c1-3-5-7-9-11-13-15-16-17-18-19-20-24-28-32-36-40-44-50(55)56-45-41-37-33-29-25-21-23-27-31-35-39-43-49(54)51-47(46-52)48(53)42-38-34-30-26-22-14-12-10-8-6-4-2/h16-17,25,29,47-48,52-53H,3-15,18-24,26-28,30-46H2,1-2H3,(H,51,54)/b17-16-,29-25-. The molecule has 0 heterocycles. The van der Waals surface area contributed by atoms with Gasteiger partial charge in [0.15, 0.2) is 0 Å². The van der Waals surface area contributed by atoms with Crippen molar-refractivity contribution < 1.29 is 24.5 Å². The summed E-state index contributed by atoms with van der Waals surface area (Å²) in [6.45, 7) is 4.85. The number of aliphatic hydroxyl groups is 2. The lowest BCUT2D eigenvalue weighted by atomic mass is 10.0. The minimum absolute atomic E-state index is 0.0351. The van der Waals surface area contributed by atoms with Crippen LogP contribution in [0, 0.1) is 0 Å². The van der Waals surface area contributed by atoms with Gasteiger partial charge in [0.1, 0.15) is 0 Å². The molecule has 0 aliphatic heterocycles. The molecule has 0 spiro atoms. The van der Waals surface area contributed by atoms with Crippen LogP contribution in [-0.2, 0) is 14.3 Å². The molecule has 0 aromatic rings. The third kappa shape index (κ3) is 42.0. The molecule has 0 fully saturated rings. The molecule has 2 unspecified atom stereocenters. The Bertz CT molecular complexity index is 874. The molecule has 0 aromatic heterocycles. The van der Waals surface area contributed by atoms with Gasteiger partial charge in [-0.1, -0.05) is 192 Å².